The molecular weight excluding hydrogens is 395 g/mol. The summed E-state index contributed by atoms with van der Waals surface area (Å²) < 4.78 is 44.5. The van der Waals surface area contributed by atoms with Gasteiger partial charge in [-0.2, -0.15) is 4.31 Å². The first kappa shape index (κ1) is 21.3. The number of sulfonamides is 1. The van der Waals surface area contributed by atoms with Crippen LogP contribution in [0.3, 0.4) is 0 Å². The number of rotatable bonds is 7. The van der Waals surface area contributed by atoms with Crippen LogP contribution in [0.2, 0.25) is 0 Å². The Bertz CT molecular complexity index is 994. The second kappa shape index (κ2) is 8.92. The fourth-order valence-electron chi connectivity index (χ4n) is 3.57. The number of aryl methyl sites for hydroxylation is 1. The van der Waals surface area contributed by atoms with Gasteiger partial charge in [0.2, 0.25) is 15.9 Å². The van der Waals surface area contributed by atoms with Crippen LogP contribution in [0.4, 0.5) is 4.39 Å². The predicted octanol–water partition coefficient (Wildman–Crippen LogP) is 2.79. The lowest BCUT2D eigenvalue weighted by Gasteiger charge is -2.28. The number of nitrogens with zero attached hydrogens (tertiary/aromatic N) is 1. The summed E-state index contributed by atoms with van der Waals surface area (Å²) >= 11 is 0. The van der Waals surface area contributed by atoms with Crippen LogP contribution in [0.25, 0.3) is 0 Å². The molecule has 0 aliphatic heterocycles. The molecule has 0 fully saturated rings. The van der Waals surface area contributed by atoms with Gasteiger partial charge in [0.15, 0.2) is 0 Å². The largest absolute Gasteiger partial charge is 0.497 e. The van der Waals surface area contributed by atoms with E-state index in [0.717, 1.165) is 46.7 Å². The third kappa shape index (κ3) is 5.33. The first-order chi connectivity index (χ1) is 13.8. The van der Waals surface area contributed by atoms with E-state index < -0.39 is 21.7 Å². The van der Waals surface area contributed by atoms with Crippen molar-refractivity contribution in [3.63, 3.8) is 0 Å². The maximum Gasteiger partial charge on any atom is 0.235 e. The van der Waals surface area contributed by atoms with Gasteiger partial charge in [0.1, 0.15) is 11.6 Å². The van der Waals surface area contributed by atoms with Crippen molar-refractivity contribution in [1.29, 1.82) is 0 Å². The highest BCUT2D eigenvalue weighted by Gasteiger charge is 2.26. The molecule has 8 heteroatoms. The Hall–Kier alpha value is -2.45. The molecule has 1 amide bonds. The molecule has 1 atom stereocenters. The number of halogens is 1. The van der Waals surface area contributed by atoms with Crippen LogP contribution in [0.1, 0.15) is 35.6 Å². The highest BCUT2D eigenvalue weighted by molar-refractivity contribution is 7.88. The number of benzene rings is 2. The lowest BCUT2D eigenvalue weighted by Crippen LogP contribution is -2.41. The molecule has 0 aromatic heterocycles. The molecule has 29 heavy (non-hydrogen) atoms. The minimum absolute atomic E-state index is 0.188. The standard InChI is InChI=1S/C21H25FN2O4S/c1-28-17-10-11-18-15(12-17)7-5-9-20(18)23-21(25)14-24(29(2,26)27)13-16-6-3-4-8-19(16)22/h3-4,6,8,10-12,20H,5,7,9,13-14H2,1-2H3,(H,23,25)/t20-/m1/s1. The number of nitrogens with one attached hydrogen (secondary N) is 1. The molecule has 0 saturated carbocycles. The summed E-state index contributed by atoms with van der Waals surface area (Å²) in [6, 6.07) is 11.5. The Morgan fingerprint density at radius 1 is 1.28 bits per heavy atom. The number of hydrogen-bond donors (Lipinski definition) is 1. The minimum atomic E-state index is -3.70. The molecule has 0 unspecified atom stereocenters. The third-order valence-electron chi connectivity index (χ3n) is 5.09. The van der Waals surface area contributed by atoms with Gasteiger partial charge < -0.3 is 10.1 Å². The number of ether oxygens (including phenoxy) is 1. The molecule has 3 rings (SSSR count). The SMILES string of the molecule is COc1ccc2c(c1)CCC[C@H]2NC(=O)CN(Cc1ccccc1F)S(C)(=O)=O. The van der Waals surface area contributed by atoms with Gasteiger partial charge in [0.05, 0.1) is 26.0 Å². The summed E-state index contributed by atoms with van der Waals surface area (Å²) in [4.78, 5) is 12.6. The van der Waals surface area contributed by atoms with Gasteiger partial charge in [-0.05, 0) is 48.6 Å². The smallest absolute Gasteiger partial charge is 0.235 e. The van der Waals surface area contributed by atoms with E-state index in [-0.39, 0.29) is 24.7 Å². The Labute approximate surface area is 170 Å². The Morgan fingerprint density at radius 2 is 2.03 bits per heavy atom. The number of carbonyl (C=O) groups excluding carboxylic acids is 1. The van der Waals surface area contributed by atoms with Crippen LogP contribution in [0.15, 0.2) is 42.5 Å². The third-order valence-corrected chi connectivity index (χ3v) is 6.29. The van der Waals surface area contributed by atoms with Crippen molar-refractivity contribution in [3.8, 4) is 5.75 Å². The van der Waals surface area contributed by atoms with Crippen molar-refractivity contribution in [3.05, 3.63) is 65.0 Å². The van der Waals surface area contributed by atoms with Crippen molar-refractivity contribution in [2.45, 2.75) is 31.8 Å². The average molecular weight is 421 g/mol. The molecular formula is C21H25FN2O4S. The summed E-state index contributed by atoms with van der Waals surface area (Å²) in [6.07, 6.45) is 3.61. The molecule has 0 saturated heterocycles. The van der Waals surface area contributed by atoms with Crippen molar-refractivity contribution < 1.29 is 22.3 Å². The maximum atomic E-state index is 13.9. The number of methoxy groups -OCH3 is 1. The zero-order valence-electron chi connectivity index (χ0n) is 16.5. The molecule has 0 radical (unpaired) electrons. The normalized spacial score (nSPS) is 16.3. The molecule has 1 aliphatic carbocycles. The van der Waals surface area contributed by atoms with Crippen LogP contribution < -0.4 is 10.1 Å². The van der Waals surface area contributed by atoms with Crippen molar-refractivity contribution >= 4 is 15.9 Å². The second-order valence-electron chi connectivity index (χ2n) is 7.20. The van der Waals surface area contributed by atoms with Crippen LogP contribution >= 0.6 is 0 Å². The van der Waals surface area contributed by atoms with Gasteiger partial charge in [-0.3, -0.25) is 4.79 Å². The Balaban J connectivity index is 1.72. The predicted molar refractivity (Wildman–Crippen MR) is 108 cm³/mol. The van der Waals surface area contributed by atoms with Gasteiger partial charge in [-0.15, -0.1) is 0 Å². The molecule has 6 nitrogen and oxygen atoms in total. The lowest BCUT2D eigenvalue weighted by atomic mass is 9.87. The highest BCUT2D eigenvalue weighted by atomic mass is 32.2. The van der Waals surface area contributed by atoms with E-state index in [0.29, 0.717) is 0 Å². The van der Waals surface area contributed by atoms with E-state index in [1.807, 2.05) is 18.2 Å². The molecule has 156 valence electrons. The van der Waals surface area contributed by atoms with E-state index in [1.54, 1.807) is 13.2 Å². The maximum absolute atomic E-state index is 13.9. The lowest BCUT2D eigenvalue weighted by molar-refractivity contribution is -0.122. The van der Waals surface area contributed by atoms with Gasteiger partial charge in [-0.1, -0.05) is 24.3 Å². The number of hydrogen-bond acceptors (Lipinski definition) is 4. The van der Waals surface area contributed by atoms with E-state index in [2.05, 4.69) is 5.32 Å². The van der Waals surface area contributed by atoms with Gasteiger partial charge >= 0.3 is 0 Å². The van der Waals surface area contributed by atoms with Crippen LogP contribution in [-0.2, 0) is 27.8 Å². The zero-order valence-corrected chi connectivity index (χ0v) is 17.3. The van der Waals surface area contributed by atoms with Crippen molar-refractivity contribution in [2.75, 3.05) is 19.9 Å². The number of amides is 1. The summed E-state index contributed by atoms with van der Waals surface area (Å²) in [5, 5.41) is 2.94. The first-order valence-electron chi connectivity index (χ1n) is 9.42. The average Bonchev–Trinajstić information content (AvgIpc) is 2.68. The first-order valence-corrected chi connectivity index (χ1v) is 11.3. The van der Waals surface area contributed by atoms with Crippen LogP contribution in [-0.4, -0.2) is 38.5 Å². The molecule has 0 spiro atoms. The highest BCUT2D eigenvalue weighted by Crippen LogP contribution is 2.32. The number of carbonyl (C=O) groups is 1. The second-order valence-corrected chi connectivity index (χ2v) is 9.18. The van der Waals surface area contributed by atoms with Gasteiger partial charge in [0, 0.05) is 12.1 Å². The summed E-state index contributed by atoms with van der Waals surface area (Å²) in [6.45, 7) is -0.563. The van der Waals surface area contributed by atoms with Crippen LogP contribution in [0.5, 0.6) is 5.75 Å². The molecule has 1 aliphatic rings. The number of fused-ring (bicyclic) bond motifs is 1. The summed E-state index contributed by atoms with van der Waals surface area (Å²) in [7, 11) is -2.09. The molecule has 1 N–H and O–H groups in total. The Morgan fingerprint density at radius 3 is 2.72 bits per heavy atom. The zero-order chi connectivity index (χ0) is 21.0. The fourth-order valence-corrected chi connectivity index (χ4v) is 4.30. The fraction of sp³-hybridized carbons (Fsp3) is 0.381. The topological polar surface area (TPSA) is 75.7 Å². The molecule has 0 heterocycles. The van der Waals surface area contributed by atoms with Gasteiger partial charge in [0.25, 0.3) is 0 Å². The molecule has 2 aromatic carbocycles. The molecule has 0 bridgehead atoms. The van der Waals surface area contributed by atoms with Gasteiger partial charge in [-0.25, -0.2) is 12.8 Å². The Kier molecular flexibility index (Phi) is 6.54. The minimum Gasteiger partial charge on any atom is -0.497 e. The van der Waals surface area contributed by atoms with E-state index >= 15 is 0 Å². The van der Waals surface area contributed by atoms with E-state index in [9.17, 15) is 17.6 Å². The monoisotopic (exact) mass is 420 g/mol. The van der Waals surface area contributed by atoms with Crippen molar-refractivity contribution in [2.24, 2.45) is 0 Å². The molecule has 2 aromatic rings. The van der Waals surface area contributed by atoms with E-state index in [4.69, 9.17) is 4.74 Å². The van der Waals surface area contributed by atoms with Crippen molar-refractivity contribution in [1.82, 2.24) is 9.62 Å². The van der Waals surface area contributed by atoms with E-state index in [1.165, 1.54) is 18.2 Å². The van der Waals surface area contributed by atoms with Crippen LogP contribution in [0, 0.1) is 5.82 Å². The summed E-state index contributed by atoms with van der Waals surface area (Å²) in [5.41, 5.74) is 2.36. The summed E-state index contributed by atoms with van der Waals surface area (Å²) in [5.74, 6) is -0.152. The quantitative estimate of drug-likeness (QED) is 0.747.